The number of hydrogen-bond acceptors (Lipinski definition) is 6. The van der Waals surface area contributed by atoms with Crippen LogP contribution in [-0.2, 0) is 0 Å². The van der Waals surface area contributed by atoms with Crippen molar-refractivity contribution in [1.29, 1.82) is 0 Å². The summed E-state index contributed by atoms with van der Waals surface area (Å²) in [5.74, 6) is 3.95. The SMILES string of the molecule is Cc1nc(Nc2ccc3c(c2)OCO3)cc(NC2CCCCC2)n1. The van der Waals surface area contributed by atoms with Crippen LogP contribution in [0.15, 0.2) is 24.3 Å². The molecule has 4 rings (SSSR count). The van der Waals surface area contributed by atoms with Gasteiger partial charge < -0.3 is 20.1 Å². The van der Waals surface area contributed by atoms with Crippen LogP contribution in [0.2, 0.25) is 0 Å². The molecule has 1 aliphatic heterocycles. The molecule has 1 saturated carbocycles. The Bertz CT molecular complexity index is 729. The van der Waals surface area contributed by atoms with E-state index in [4.69, 9.17) is 9.47 Å². The first-order chi connectivity index (χ1) is 11.8. The smallest absolute Gasteiger partial charge is 0.231 e. The summed E-state index contributed by atoms with van der Waals surface area (Å²) in [6, 6.07) is 8.27. The molecule has 6 heteroatoms. The van der Waals surface area contributed by atoms with Gasteiger partial charge in [0, 0.05) is 23.9 Å². The van der Waals surface area contributed by atoms with E-state index in [9.17, 15) is 0 Å². The van der Waals surface area contributed by atoms with Gasteiger partial charge in [-0.15, -0.1) is 0 Å². The van der Waals surface area contributed by atoms with Gasteiger partial charge in [0.25, 0.3) is 0 Å². The van der Waals surface area contributed by atoms with E-state index in [-0.39, 0.29) is 6.79 Å². The van der Waals surface area contributed by atoms with Crippen molar-refractivity contribution in [3.63, 3.8) is 0 Å². The number of fused-ring (bicyclic) bond motifs is 1. The second-order valence-corrected chi connectivity index (χ2v) is 6.36. The molecule has 1 aromatic carbocycles. The molecule has 1 aromatic heterocycles. The van der Waals surface area contributed by atoms with E-state index in [1.54, 1.807) is 0 Å². The topological polar surface area (TPSA) is 68.3 Å². The lowest BCUT2D eigenvalue weighted by molar-refractivity contribution is 0.174. The summed E-state index contributed by atoms with van der Waals surface area (Å²) in [6.07, 6.45) is 6.37. The third-order valence-corrected chi connectivity index (χ3v) is 4.44. The van der Waals surface area contributed by atoms with E-state index >= 15 is 0 Å². The van der Waals surface area contributed by atoms with Crippen LogP contribution >= 0.6 is 0 Å². The second-order valence-electron chi connectivity index (χ2n) is 6.36. The number of ether oxygens (including phenoxy) is 2. The Kier molecular flexibility index (Phi) is 4.11. The van der Waals surface area contributed by atoms with Gasteiger partial charge in [0.05, 0.1) is 0 Å². The highest BCUT2D eigenvalue weighted by atomic mass is 16.7. The molecule has 2 aliphatic rings. The third kappa shape index (κ3) is 3.37. The maximum absolute atomic E-state index is 5.42. The minimum Gasteiger partial charge on any atom is -0.454 e. The number of nitrogens with zero attached hydrogens (tertiary/aromatic N) is 2. The van der Waals surface area contributed by atoms with Crippen LogP contribution in [0.3, 0.4) is 0 Å². The highest BCUT2D eigenvalue weighted by Gasteiger charge is 2.15. The number of anilines is 3. The molecule has 6 nitrogen and oxygen atoms in total. The van der Waals surface area contributed by atoms with Crippen LogP contribution < -0.4 is 20.1 Å². The van der Waals surface area contributed by atoms with Gasteiger partial charge in [0.15, 0.2) is 11.5 Å². The van der Waals surface area contributed by atoms with E-state index in [0.29, 0.717) is 6.04 Å². The van der Waals surface area contributed by atoms with Crippen molar-refractivity contribution < 1.29 is 9.47 Å². The van der Waals surface area contributed by atoms with Crippen molar-refractivity contribution in [2.45, 2.75) is 45.1 Å². The van der Waals surface area contributed by atoms with Crippen molar-refractivity contribution >= 4 is 17.3 Å². The normalized spacial score (nSPS) is 16.9. The number of aryl methyl sites for hydroxylation is 1. The zero-order chi connectivity index (χ0) is 16.4. The lowest BCUT2D eigenvalue weighted by atomic mass is 9.95. The summed E-state index contributed by atoms with van der Waals surface area (Å²) in [6.45, 7) is 2.19. The van der Waals surface area contributed by atoms with E-state index in [1.807, 2.05) is 31.2 Å². The van der Waals surface area contributed by atoms with Gasteiger partial charge >= 0.3 is 0 Å². The van der Waals surface area contributed by atoms with E-state index in [2.05, 4.69) is 20.6 Å². The first kappa shape index (κ1) is 15.1. The monoisotopic (exact) mass is 326 g/mol. The van der Waals surface area contributed by atoms with Crippen LogP contribution in [-0.4, -0.2) is 22.8 Å². The largest absolute Gasteiger partial charge is 0.454 e. The molecular weight excluding hydrogens is 304 g/mol. The van der Waals surface area contributed by atoms with E-state index < -0.39 is 0 Å². The number of hydrogen-bond donors (Lipinski definition) is 2. The van der Waals surface area contributed by atoms with Gasteiger partial charge in [-0.3, -0.25) is 0 Å². The fourth-order valence-corrected chi connectivity index (χ4v) is 3.28. The number of aromatic nitrogens is 2. The van der Waals surface area contributed by atoms with Crippen molar-refractivity contribution in [3.8, 4) is 11.5 Å². The molecule has 0 spiro atoms. The van der Waals surface area contributed by atoms with Crippen LogP contribution in [0.4, 0.5) is 17.3 Å². The predicted octanol–water partition coefficient (Wildman–Crippen LogP) is 4.00. The maximum Gasteiger partial charge on any atom is 0.231 e. The predicted molar refractivity (Wildman–Crippen MR) is 93.1 cm³/mol. The van der Waals surface area contributed by atoms with Crippen molar-refractivity contribution in [2.75, 3.05) is 17.4 Å². The summed E-state index contributed by atoms with van der Waals surface area (Å²) in [5.41, 5.74) is 0.918. The lowest BCUT2D eigenvalue weighted by Crippen LogP contribution is -2.23. The standard InChI is InChI=1S/C18H22N4O2/c1-12-19-17(21-13-5-3-2-4-6-13)10-18(20-12)22-14-7-8-15-16(9-14)24-11-23-15/h7-10,13H,2-6,11H2,1H3,(H2,19,20,21,22). The number of nitrogens with one attached hydrogen (secondary N) is 2. The molecule has 2 N–H and O–H groups in total. The van der Waals surface area contributed by atoms with Gasteiger partial charge in [0.2, 0.25) is 6.79 Å². The Morgan fingerprint density at radius 1 is 0.958 bits per heavy atom. The van der Waals surface area contributed by atoms with Crippen LogP contribution in [0.25, 0.3) is 0 Å². The molecule has 126 valence electrons. The van der Waals surface area contributed by atoms with Gasteiger partial charge in [-0.2, -0.15) is 0 Å². The van der Waals surface area contributed by atoms with Gasteiger partial charge in [-0.05, 0) is 31.9 Å². The van der Waals surface area contributed by atoms with E-state index in [1.165, 1.54) is 32.1 Å². The maximum atomic E-state index is 5.42. The highest BCUT2D eigenvalue weighted by molar-refractivity contribution is 5.63. The summed E-state index contributed by atoms with van der Waals surface area (Å²) in [7, 11) is 0. The van der Waals surface area contributed by atoms with Crippen molar-refractivity contribution in [3.05, 3.63) is 30.1 Å². The minimum atomic E-state index is 0.279. The molecule has 0 unspecified atom stereocenters. The lowest BCUT2D eigenvalue weighted by Gasteiger charge is -2.23. The number of rotatable bonds is 4. The minimum absolute atomic E-state index is 0.279. The molecule has 0 radical (unpaired) electrons. The Balaban J connectivity index is 1.50. The molecule has 0 amide bonds. The molecule has 0 atom stereocenters. The van der Waals surface area contributed by atoms with Crippen molar-refractivity contribution in [2.24, 2.45) is 0 Å². The van der Waals surface area contributed by atoms with E-state index in [0.717, 1.165) is 34.6 Å². The van der Waals surface area contributed by atoms with Crippen molar-refractivity contribution in [1.82, 2.24) is 9.97 Å². The first-order valence-electron chi connectivity index (χ1n) is 8.55. The summed E-state index contributed by atoms with van der Waals surface area (Å²) < 4.78 is 10.8. The Morgan fingerprint density at radius 2 is 1.75 bits per heavy atom. The molecule has 2 aromatic rings. The quantitative estimate of drug-likeness (QED) is 0.885. The fourth-order valence-electron chi connectivity index (χ4n) is 3.28. The molecule has 1 fully saturated rings. The number of benzene rings is 1. The Morgan fingerprint density at radius 3 is 2.62 bits per heavy atom. The van der Waals surface area contributed by atoms with Crippen LogP contribution in [0.1, 0.15) is 37.9 Å². The molecular formula is C18H22N4O2. The zero-order valence-electron chi connectivity index (χ0n) is 13.8. The van der Waals surface area contributed by atoms with Gasteiger partial charge in [0.1, 0.15) is 17.5 Å². The summed E-state index contributed by atoms with van der Waals surface area (Å²) in [4.78, 5) is 9.00. The molecule has 0 saturated heterocycles. The first-order valence-corrected chi connectivity index (χ1v) is 8.55. The van der Waals surface area contributed by atoms with Gasteiger partial charge in [-0.1, -0.05) is 19.3 Å². The second kappa shape index (κ2) is 6.55. The summed E-state index contributed by atoms with van der Waals surface area (Å²) >= 11 is 0. The molecule has 24 heavy (non-hydrogen) atoms. The van der Waals surface area contributed by atoms with Crippen LogP contribution in [0, 0.1) is 6.92 Å². The summed E-state index contributed by atoms with van der Waals surface area (Å²) in [5, 5.41) is 6.88. The highest BCUT2D eigenvalue weighted by Crippen LogP contribution is 2.35. The zero-order valence-corrected chi connectivity index (χ0v) is 13.8. The van der Waals surface area contributed by atoms with Gasteiger partial charge in [-0.25, -0.2) is 9.97 Å². The Hall–Kier alpha value is -2.50. The average molecular weight is 326 g/mol. The Labute approximate surface area is 141 Å². The molecule has 0 bridgehead atoms. The fraction of sp³-hybridized carbons (Fsp3) is 0.444. The third-order valence-electron chi connectivity index (χ3n) is 4.44. The van der Waals surface area contributed by atoms with Crippen LogP contribution in [0.5, 0.6) is 11.5 Å². The molecule has 1 aliphatic carbocycles. The average Bonchev–Trinajstić information content (AvgIpc) is 3.03. The molecule has 2 heterocycles.